The van der Waals surface area contributed by atoms with Crippen LogP contribution in [0.5, 0.6) is 0 Å². The summed E-state index contributed by atoms with van der Waals surface area (Å²) in [6.45, 7) is 1.80. The first-order chi connectivity index (χ1) is 11.6. The van der Waals surface area contributed by atoms with Gasteiger partial charge in [0.1, 0.15) is 5.82 Å². The number of pyridine rings is 1. The van der Waals surface area contributed by atoms with E-state index in [0.29, 0.717) is 17.1 Å². The number of hydrogen-bond acceptors (Lipinski definition) is 5. The van der Waals surface area contributed by atoms with Gasteiger partial charge in [0.25, 0.3) is 11.6 Å². The lowest BCUT2D eigenvalue weighted by atomic mass is 10.1. The largest absolute Gasteiger partial charge is 0.356 e. The Morgan fingerprint density at radius 3 is 2.50 bits per heavy atom. The second-order valence-corrected chi connectivity index (χ2v) is 5.68. The fourth-order valence-corrected chi connectivity index (χ4v) is 2.80. The maximum Gasteiger partial charge on any atom is 0.269 e. The monoisotopic (exact) mass is 326 g/mol. The molecule has 7 nitrogen and oxygen atoms in total. The number of anilines is 2. The van der Waals surface area contributed by atoms with Crippen LogP contribution >= 0.6 is 0 Å². The SMILES string of the molecule is O=C(Nc1ccc([N+](=O)[O-])cc1)c1cccnc1N1CCCCC1. The average Bonchev–Trinajstić information content (AvgIpc) is 2.63. The van der Waals surface area contributed by atoms with Crippen LogP contribution in [0.25, 0.3) is 0 Å². The number of benzene rings is 1. The highest BCUT2D eigenvalue weighted by atomic mass is 16.6. The van der Waals surface area contributed by atoms with Crippen molar-refractivity contribution in [2.24, 2.45) is 0 Å². The average molecular weight is 326 g/mol. The highest BCUT2D eigenvalue weighted by molar-refractivity contribution is 6.07. The van der Waals surface area contributed by atoms with E-state index in [4.69, 9.17) is 0 Å². The van der Waals surface area contributed by atoms with Crippen LogP contribution in [0.2, 0.25) is 0 Å². The number of nitro groups is 1. The van der Waals surface area contributed by atoms with Crippen molar-refractivity contribution in [3.8, 4) is 0 Å². The number of hydrogen-bond donors (Lipinski definition) is 1. The molecule has 24 heavy (non-hydrogen) atoms. The van der Waals surface area contributed by atoms with Gasteiger partial charge in [0, 0.05) is 37.1 Å². The number of aromatic nitrogens is 1. The Hall–Kier alpha value is -2.96. The standard InChI is InChI=1S/C17H18N4O3/c22-17(19-13-6-8-14(9-7-13)21(23)24)15-5-4-10-18-16(15)20-11-2-1-3-12-20/h4-10H,1-3,11-12H2,(H,19,22). The quantitative estimate of drug-likeness (QED) is 0.688. The first kappa shape index (κ1) is 15.9. The Kier molecular flexibility index (Phi) is 4.69. The molecule has 1 aromatic carbocycles. The van der Waals surface area contributed by atoms with Crippen molar-refractivity contribution in [3.63, 3.8) is 0 Å². The van der Waals surface area contributed by atoms with E-state index in [1.54, 1.807) is 18.3 Å². The summed E-state index contributed by atoms with van der Waals surface area (Å²) in [5.41, 5.74) is 1.01. The van der Waals surface area contributed by atoms with Gasteiger partial charge in [-0.1, -0.05) is 0 Å². The Morgan fingerprint density at radius 1 is 1.12 bits per heavy atom. The lowest BCUT2D eigenvalue weighted by Gasteiger charge is -2.29. The van der Waals surface area contributed by atoms with Crippen LogP contribution in [0.3, 0.4) is 0 Å². The topological polar surface area (TPSA) is 88.4 Å². The molecule has 1 N–H and O–H groups in total. The van der Waals surface area contributed by atoms with Gasteiger partial charge < -0.3 is 10.2 Å². The summed E-state index contributed by atoms with van der Waals surface area (Å²) in [6.07, 6.45) is 5.08. The second kappa shape index (κ2) is 7.08. The van der Waals surface area contributed by atoms with E-state index in [2.05, 4.69) is 15.2 Å². The van der Waals surface area contributed by atoms with Crippen LogP contribution in [-0.2, 0) is 0 Å². The normalized spacial score (nSPS) is 14.2. The molecule has 1 amide bonds. The molecule has 2 heterocycles. The number of nitrogens with one attached hydrogen (secondary N) is 1. The molecule has 0 spiro atoms. The number of carbonyl (C=O) groups is 1. The van der Waals surface area contributed by atoms with Gasteiger partial charge in [-0.2, -0.15) is 0 Å². The molecule has 1 fully saturated rings. The predicted molar refractivity (Wildman–Crippen MR) is 91.4 cm³/mol. The van der Waals surface area contributed by atoms with Crippen LogP contribution in [0.1, 0.15) is 29.6 Å². The van der Waals surface area contributed by atoms with E-state index in [0.717, 1.165) is 25.9 Å². The van der Waals surface area contributed by atoms with Gasteiger partial charge in [0.05, 0.1) is 10.5 Å². The number of non-ortho nitro benzene ring substituents is 1. The van der Waals surface area contributed by atoms with E-state index in [1.807, 2.05) is 0 Å². The maximum absolute atomic E-state index is 12.6. The van der Waals surface area contributed by atoms with Crippen molar-refractivity contribution in [1.29, 1.82) is 0 Å². The molecule has 2 aromatic rings. The first-order valence-corrected chi connectivity index (χ1v) is 7.91. The van der Waals surface area contributed by atoms with Crippen molar-refractivity contribution < 1.29 is 9.72 Å². The zero-order valence-electron chi connectivity index (χ0n) is 13.1. The third kappa shape index (κ3) is 3.51. The smallest absolute Gasteiger partial charge is 0.269 e. The Balaban J connectivity index is 1.78. The van der Waals surface area contributed by atoms with Crippen LogP contribution < -0.4 is 10.2 Å². The van der Waals surface area contributed by atoms with Crippen molar-refractivity contribution in [2.75, 3.05) is 23.3 Å². The molecule has 0 aliphatic carbocycles. The number of nitrogens with zero attached hydrogens (tertiary/aromatic N) is 3. The van der Waals surface area contributed by atoms with Crippen molar-refractivity contribution >= 4 is 23.1 Å². The third-order valence-corrected chi connectivity index (χ3v) is 4.02. The molecule has 7 heteroatoms. The van der Waals surface area contributed by atoms with Gasteiger partial charge in [0.2, 0.25) is 0 Å². The zero-order chi connectivity index (χ0) is 16.9. The molecule has 1 aliphatic heterocycles. The van der Waals surface area contributed by atoms with Gasteiger partial charge in [-0.15, -0.1) is 0 Å². The van der Waals surface area contributed by atoms with E-state index >= 15 is 0 Å². The lowest BCUT2D eigenvalue weighted by molar-refractivity contribution is -0.384. The summed E-state index contributed by atoms with van der Waals surface area (Å²) in [5, 5.41) is 13.5. The van der Waals surface area contributed by atoms with E-state index in [-0.39, 0.29) is 11.6 Å². The van der Waals surface area contributed by atoms with Crippen LogP contribution in [-0.4, -0.2) is 28.9 Å². The highest BCUT2D eigenvalue weighted by Gasteiger charge is 2.19. The van der Waals surface area contributed by atoms with Crippen LogP contribution in [0, 0.1) is 10.1 Å². The molecule has 1 saturated heterocycles. The van der Waals surface area contributed by atoms with Gasteiger partial charge in [0.15, 0.2) is 0 Å². The molecule has 0 atom stereocenters. The molecule has 3 rings (SSSR count). The summed E-state index contributed by atoms with van der Waals surface area (Å²) < 4.78 is 0. The minimum Gasteiger partial charge on any atom is -0.356 e. The fraction of sp³-hybridized carbons (Fsp3) is 0.294. The van der Waals surface area contributed by atoms with Gasteiger partial charge in [-0.05, 0) is 43.5 Å². The Labute approximate surface area is 139 Å². The summed E-state index contributed by atoms with van der Waals surface area (Å²) in [4.78, 5) is 29.3. The summed E-state index contributed by atoms with van der Waals surface area (Å²) in [6, 6.07) is 9.25. The second-order valence-electron chi connectivity index (χ2n) is 5.68. The Morgan fingerprint density at radius 2 is 1.83 bits per heavy atom. The van der Waals surface area contributed by atoms with Gasteiger partial charge in [-0.25, -0.2) is 4.98 Å². The minimum absolute atomic E-state index is 0.0108. The van der Waals surface area contributed by atoms with Gasteiger partial charge in [-0.3, -0.25) is 14.9 Å². The zero-order valence-corrected chi connectivity index (χ0v) is 13.1. The molecule has 1 aromatic heterocycles. The molecule has 0 unspecified atom stereocenters. The highest BCUT2D eigenvalue weighted by Crippen LogP contribution is 2.23. The predicted octanol–water partition coefficient (Wildman–Crippen LogP) is 3.23. The number of amides is 1. The first-order valence-electron chi connectivity index (χ1n) is 7.91. The molecular formula is C17H18N4O3. The number of nitro benzene ring substituents is 1. The minimum atomic E-state index is -0.471. The number of rotatable bonds is 4. The fourth-order valence-electron chi connectivity index (χ4n) is 2.80. The summed E-state index contributed by atoms with van der Waals surface area (Å²) in [7, 11) is 0. The van der Waals surface area contributed by atoms with Crippen molar-refractivity contribution in [1.82, 2.24) is 4.98 Å². The van der Waals surface area contributed by atoms with E-state index in [1.165, 1.54) is 30.7 Å². The number of piperidine rings is 1. The molecule has 0 saturated carbocycles. The summed E-state index contributed by atoms with van der Waals surface area (Å²) >= 11 is 0. The van der Waals surface area contributed by atoms with E-state index in [9.17, 15) is 14.9 Å². The van der Waals surface area contributed by atoms with Crippen molar-refractivity contribution in [2.45, 2.75) is 19.3 Å². The molecule has 0 bridgehead atoms. The lowest BCUT2D eigenvalue weighted by Crippen LogP contribution is -2.32. The molecular weight excluding hydrogens is 308 g/mol. The molecule has 0 radical (unpaired) electrons. The van der Waals surface area contributed by atoms with Gasteiger partial charge >= 0.3 is 0 Å². The maximum atomic E-state index is 12.6. The molecule has 124 valence electrons. The Bertz CT molecular complexity index is 740. The van der Waals surface area contributed by atoms with E-state index < -0.39 is 4.92 Å². The van der Waals surface area contributed by atoms with Crippen LogP contribution in [0.4, 0.5) is 17.2 Å². The summed E-state index contributed by atoms with van der Waals surface area (Å²) in [5.74, 6) is 0.425. The molecule has 1 aliphatic rings. The number of carbonyl (C=O) groups excluding carboxylic acids is 1. The van der Waals surface area contributed by atoms with Crippen LogP contribution in [0.15, 0.2) is 42.6 Å². The van der Waals surface area contributed by atoms with Crippen molar-refractivity contribution in [3.05, 3.63) is 58.3 Å². The third-order valence-electron chi connectivity index (χ3n) is 4.02.